The third-order valence-corrected chi connectivity index (χ3v) is 3.44. The van der Waals surface area contributed by atoms with Crippen LogP contribution in [0.15, 0.2) is 0 Å². The van der Waals surface area contributed by atoms with Gasteiger partial charge in [0.2, 0.25) is 0 Å². The van der Waals surface area contributed by atoms with Gasteiger partial charge in [-0.25, -0.2) is 0 Å². The Morgan fingerprint density at radius 2 is 1.71 bits per heavy atom. The van der Waals surface area contributed by atoms with Crippen LogP contribution in [0.3, 0.4) is 0 Å². The third-order valence-electron chi connectivity index (χ3n) is 0.420. The van der Waals surface area contributed by atoms with Gasteiger partial charge in [0, 0.05) is 0 Å². The van der Waals surface area contributed by atoms with Crippen LogP contribution < -0.4 is 0 Å². The predicted octanol–water partition coefficient (Wildman–Crippen LogP) is 1.01. The average molecular weight is 277 g/mol. The van der Waals surface area contributed by atoms with Gasteiger partial charge < -0.3 is 0 Å². The molecule has 0 radical (unpaired) electrons. The van der Waals surface area contributed by atoms with Crippen LogP contribution in [-0.4, -0.2) is 0 Å². The molecule has 3 nitrogen and oxygen atoms in total. The van der Waals surface area contributed by atoms with E-state index in [0.29, 0.717) is 6.42 Å². The van der Waals surface area contributed by atoms with E-state index >= 15 is 0 Å². The minimum atomic E-state index is -4.95. The summed E-state index contributed by atoms with van der Waals surface area (Å²) in [6.07, 6.45) is 0.461. The molecule has 4 heteroatoms. The Morgan fingerprint density at radius 1 is 1.29 bits per heavy atom. The topological polar surface area (TPSA) is 51.2 Å². The molecule has 0 aliphatic heterocycles. The van der Waals surface area contributed by atoms with E-state index in [4.69, 9.17) is 0 Å². The monoisotopic (exact) mass is 278 g/mol. The maximum atomic E-state index is 9.79. The van der Waals surface area contributed by atoms with Crippen molar-refractivity contribution in [1.82, 2.24) is 0 Å². The zero-order chi connectivity index (χ0) is 5.91. The van der Waals surface area contributed by atoms with Crippen molar-refractivity contribution in [2.75, 3.05) is 0 Å². The summed E-state index contributed by atoms with van der Waals surface area (Å²) in [5.41, 5.74) is 0. The second-order valence-corrected chi connectivity index (χ2v) is 6.27. The Morgan fingerprint density at radius 3 is 1.71 bits per heavy atom. The van der Waals surface area contributed by atoms with Gasteiger partial charge in [-0.3, -0.25) is 0 Å². The first-order valence-corrected chi connectivity index (χ1v) is 7.18. The van der Waals surface area contributed by atoms with Gasteiger partial charge in [0.1, 0.15) is 0 Å². The Kier molecular flexibility index (Phi) is 2.41. The third kappa shape index (κ3) is 6.06. The van der Waals surface area contributed by atoms with Crippen molar-refractivity contribution in [3.05, 3.63) is 0 Å². The standard InChI is InChI=1S/C3H7.3O.Re/c1-3-2;;;;/h1,3H2,2H3;;;;. The van der Waals surface area contributed by atoms with E-state index in [2.05, 4.69) is 0 Å². The van der Waals surface area contributed by atoms with Crippen LogP contribution >= 0.6 is 0 Å². The molecule has 44 valence electrons. The Bertz CT molecular complexity index is 155. The van der Waals surface area contributed by atoms with Crippen molar-refractivity contribution >= 4 is 0 Å². The van der Waals surface area contributed by atoms with Crippen LogP contribution in [0.5, 0.6) is 0 Å². The van der Waals surface area contributed by atoms with Crippen LogP contribution in [0.2, 0.25) is 4.89 Å². The summed E-state index contributed by atoms with van der Waals surface area (Å²) in [4.78, 5) is -0.125. The molecule has 0 aromatic rings. The molecule has 0 heterocycles. The van der Waals surface area contributed by atoms with E-state index in [-0.39, 0.29) is 4.89 Å². The first-order chi connectivity index (χ1) is 3.06. The molecule has 0 aromatic heterocycles. The maximum absolute atomic E-state index is 9.79. The average Bonchev–Trinajstić information content (AvgIpc) is 1.30. The van der Waals surface area contributed by atoms with Crippen molar-refractivity contribution < 1.29 is 25.8 Å². The summed E-state index contributed by atoms with van der Waals surface area (Å²) in [5, 5.41) is 0. The number of rotatable bonds is 2. The molecule has 0 saturated carbocycles. The molecule has 0 saturated heterocycles. The molecular formula is C3H7O3Re. The molecule has 0 aliphatic carbocycles. The summed E-state index contributed by atoms with van der Waals surface area (Å²) < 4.78 is 29.4. The molecule has 0 bridgehead atoms. The molecule has 0 rings (SSSR count). The summed E-state index contributed by atoms with van der Waals surface area (Å²) in [6.45, 7) is 1.68. The fraction of sp³-hybridized carbons (Fsp3) is 1.00. The first-order valence-electron chi connectivity index (χ1n) is 1.94. The number of hydrogen-bond donors (Lipinski definition) is 0. The fourth-order valence-electron chi connectivity index (χ4n) is 0.231. The molecule has 0 aromatic carbocycles. The summed E-state index contributed by atoms with van der Waals surface area (Å²) in [7, 11) is 0. The second kappa shape index (κ2) is 2.39. The SMILES string of the molecule is CC[CH2][Re](=[O])(=[O])=[O]. The summed E-state index contributed by atoms with van der Waals surface area (Å²) >= 11 is -4.95. The van der Waals surface area contributed by atoms with E-state index < -0.39 is 15.4 Å². The Labute approximate surface area is 44.6 Å². The van der Waals surface area contributed by atoms with Gasteiger partial charge in [-0.15, -0.1) is 0 Å². The Balaban J connectivity index is 3.87. The molecule has 0 N–H and O–H groups in total. The van der Waals surface area contributed by atoms with Crippen molar-refractivity contribution in [3.8, 4) is 0 Å². The zero-order valence-corrected chi connectivity index (χ0v) is 6.73. The van der Waals surface area contributed by atoms with Crippen LogP contribution in [0.4, 0.5) is 0 Å². The molecule has 0 spiro atoms. The fourth-order valence-corrected chi connectivity index (χ4v) is 1.89. The number of hydrogen-bond acceptors (Lipinski definition) is 3. The van der Waals surface area contributed by atoms with Crippen molar-refractivity contribution in [2.24, 2.45) is 0 Å². The summed E-state index contributed by atoms with van der Waals surface area (Å²) in [6, 6.07) is 0. The molecule has 0 amide bonds. The van der Waals surface area contributed by atoms with Crippen molar-refractivity contribution in [3.63, 3.8) is 0 Å². The van der Waals surface area contributed by atoms with Crippen LogP contribution in [0, 0.1) is 0 Å². The van der Waals surface area contributed by atoms with Gasteiger partial charge in [-0.1, -0.05) is 0 Å². The van der Waals surface area contributed by atoms with E-state index in [9.17, 15) is 10.4 Å². The molecule has 0 atom stereocenters. The zero-order valence-electron chi connectivity index (χ0n) is 4.02. The molecule has 0 unspecified atom stereocenters. The molecule has 0 fully saturated rings. The molecule has 7 heavy (non-hydrogen) atoms. The van der Waals surface area contributed by atoms with Gasteiger partial charge >= 0.3 is 44.1 Å². The second-order valence-electron chi connectivity index (χ2n) is 1.21. The van der Waals surface area contributed by atoms with E-state index in [1.165, 1.54) is 0 Å². The van der Waals surface area contributed by atoms with E-state index in [0.717, 1.165) is 0 Å². The molecule has 0 aliphatic rings. The summed E-state index contributed by atoms with van der Waals surface area (Å²) in [5.74, 6) is 0. The van der Waals surface area contributed by atoms with Crippen LogP contribution in [0.25, 0.3) is 0 Å². The van der Waals surface area contributed by atoms with E-state index in [1.807, 2.05) is 0 Å². The van der Waals surface area contributed by atoms with E-state index in [1.54, 1.807) is 6.92 Å². The van der Waals surface area contributed by atoms with Gasteiger partial charge in [-0.05, 0) is 0 Å². The minimum absolute atomic E-state index is 0.125. The normalized spacial score (nSPS) is 11.6. The van der Waals surface area contributed by atoms with Gasteiger partial charge in [0.05, 0.1) is 0 Å². The quantitative estimate of drug-likeness (QED) is 0.757. The van der Waals surface area contributed by atoms with Crippen molar-refractivity contribution in [1.29, 1.82) is 0 Å². The van der Waals surface area contributed by atoms with Gasteiger partial charge in [-0.2, -0.15) is 0 Å². The predicted molar refractivity (Wildman–Crippen MR) is 17.2 cm³/mol. The first kappa shape index (κ1) is 7.06. The van der Waals surface area contributed by atoms with Crippen LogP contribution in [-0.2, 0) is 25.8 Å². The Hall–Kier alpha value is 0.0623. The van der Waals surface area contributed by atoms with Crippen molar-refractivity contribution in [2.45, 2.75) is 18.2 Å². The van der Waals surface area contributed by atoms with Gasteiger partial charge in [0.15, 0.2) is 0 Å². The van der Waals surface area contributed by atoms with Gasteiger partial charge in [0.25, 0.3) is 0 Å². The van der Waals surface area contributed by atoms with Crippen LogP contribution in [0.1, 0.15) is 13.3 Å². The molecular weight excluding hydrogens is 270 g/mol.